The summed E-state index contributed by atoms with van der Waals surface area (Å²) in [6.07, 6.45) is 1.46. The molecule has 3 N–H and O–H groups in total. The van der Waals surface area contributed by atoms with Crippen LogP contribution in [-0.2, 0) is 9.59 Å². The Hall–Kier alpha value is -4.66. The lowest BCUT2D eigenvalue weighted by molar-refractivity contribution is -0.124. The first-order valence-electron chi connectivity index (χ1n) is 12.7. The molecule has 204 valence electrons. The molecular weight excluding hydrogens is 496 g/mol. The van der Waals surface area contributed by atoms with E-state index in [-0.39, 0.29) is 24.3 Å². The number of hydrazone groups is 1. The number of benzene rings is 3. The molecular formula is C30H34N4O5. The van der Waals surface area contributed by atoms with Crippen LogP contribution >= 0.6 is 0 Å². The summed E-state index contributed by atoms with van der Waals surface area (Å²) in [5.41, 5.74) is 5.34. The van der Waals surface area contributed by atoms with E-state index in [2.05, 4.69) is 21.2 Å². The van der Waals surface area contributed by atoms with Gasteiger partial charge in [-0.15, -0.1) is 0 Å². The molecule has 0 aliphatic rings. The summed E-state index contributed by atoms with van der Waals surface area (Å²) in [5.74, 6) is -0.384. The normalized spacial score (nSPS) is 11.6. The number of para-hydroxylation sites is 1. The molecule has 0 fully saturated rings. The van der Waals surface area contributed by atoms with Crippen molar-refractivity contribution < 1.29 is 23.9 Å². The van der Waals surface area contributed by atoms with Crippen LogP contribution in [0.4, 0.5) is 5.69 Å². The van der Waals surface area contributed by atoms with Crippen molar-refractivity contribution in [2.24, 2.45) is 11.0 Å². The van der Waals surface area contributed by atoms with E-state index in [0.29, 0.717) is 34.9 Å². The number of carbonyl (C=O) groups is 3. The number of anilines is 1. The highest BCUT2D eigenvalue weighted by atomic mass is 16.5. The first-order chi connectivity index (χ1) is 18.8. The molecule has 1 unspecified atom stereocenters. The third kappa shape index (κ3) is 8.99. The Morgan fingerprint density at radius 2 is 1.64 bits per heavy atom. The molecule has 39 heavy (non-hydrogen) atoms. The summed E-state index contributed by atoms with van der Waals surface area (Å²) in [6, 6.07) is 20.5. The Labute approximate surface area is 228 Å². The summed E-state index contributed by atoms with van der Waals surface area (Å²) in [7, 11) is 0. The first kappa shape index (κ1) is 28.9. The third-order valence-electron chi connectivity index (χ3n) is 5.62. The second-order valence-corrected chi connectivity index (χ2v) is 9.14. The first-order valence-corrected chi connectivity index (χ1v) is 12.7. The molecule has 9 nitrogen and oxygen atoms in total. The molecule has 1 atom stereocenters. The van der Waals surface area contributed by atoms with Gasteiger partial charge in [-0.05, 0) is 67.8 Å². The molecule has 3 rings (SSSR count). The number of hydrogen-bond donors (Lipinski definition) is 3. The highest BCUT2D eigenvalue weighted by Gasteiger charge is 2.24. The molecule has 3 amide bonds. The fourth-order valence-corrected chi connectivity index (χ4v) is 3.56. The zero-order chi connectivity index (χ0) is 28.2. The Balaban J connectivity index is 1.59. The van der Waals surface area contributed by atoms with Gasteiger partial charge >= 0.3 is 0 Å². The predicted octanol–water partition coefficient (Wildman–Crippen LogP) is 4.32. The van der Waals surface area contributed by atoms with Gasteiger partial charge in [0.2, 0.25) is 0 Å². The molecule has 0 aliphatic carbocycles. The van der Waals surface area contributed by atoms with Gasteiger partial charge in [-0.25, -0.2) is 5.43 Å². The maximum Gasteiger partial charge on any atom is 0.262 e. The SMILES string of the molecule is CCOc1cc(/C=N\NC(=O)C(NC(=O)c2ccc(C)cc2)C(C)C)ccc1OCC(=O)Nc1ccccc1. The molecule has 0 aromatic heterocycles. The summed E-state index contributed by atoms with van der Waals surface area (Å²) in [4.78, 5) is 37.6. The van der Waals surface area contributed by atoms with E-state index in [1.807, 2.05) is 58.0 Å². The highest BCUT2D eigenvalue weighted by Crippen LogP contribution is 2.28. The van der Waals surface area contributed by atoms with E-state index in [9.17, 15) is 14.4 Å². The Bertz CT molecular complexity index is 1290. The smallest absolute Gasteiger partial charge is 0.262 e. The molecule has 0 spiro atoms. The van der Waals surface area contributed by atoms with Gasteiger partial charge in [0.25, 0.3) is 17.7 Å². The average Bonchev–Trinajstić information content (AvgIpc) is 2.92. The Morgan fingerprint density at radius 1 is 0.923 bits per heavy atom. The minimum Gasteiger partial charge on any atom is -0.490 e. The maximum absolute atomic E-state index is 12.8. The molecule has 0 radical (unpaired) electrons. The lowest BCUT2D eigenvalue weighted by atomic mass is 10.0. The molecule has 3 aromatic rings. The van der Waals surface area contributed by atoms with Gasteiger partial charge in [-0.1, -0.05) is 49.7 Å². The van der Waals surface area contributed by atoms with Crippen molar-refractivity contribution in [2.45, 2.75) is 33.7 Å². The number of carbonyl (C=O) groups excluding carboxylic acids is 3. The van der Waals surface area contributed by atoms with Crippen LogP contribution in [0.15, 0.2) is 77.9 Å². The number of nitrogens with one attached hydrogen (secondary N) is 3. The van der Waals surface area contributed by atoms with Crippen molar-refractivity contribution in [3.8, 4) is 11.5 Å². The van der Waals surface area contributed by atoms with Gasteiger partial charge in [-0.2, -0.15) is 5.10 Å². The van der Waals surface area contributed by atoms with Crippen LogP contribution in [0.5, 0.6) is 11.5 Å². The lowest BCUT2D eigenvalue weighted by Crippen LogP contribution is -2.48. The van der Waals surface area contributed by atoms with E-state index in [0.717, 1.165) is 5.56 Å². The van der Waals surface area contributed by atoms with Gasteiger partial charge < -0.3 is 20.1 Å². The van der Waals surface area contributed by atoms with Crippen molar-refractivity contribution >= 4 is 29.6 Å². The summed E-state index contributed by atoms with van der Waals surface area (Å²) < 4.78 is 11.3. The molecule has 0 bridgehead atoms. The van der Waals surface area contributed by atoms with Crippen molar-refractivity contribution in [3.05, 3.63) is 89.5 Å². The largest absolute Gasteiger partial charge is 0.490 e. The zero-order valence-electron chi connectivity index (χ0n) is 22.6. The number of rotatable bonds is 12. The van der Waals surface area contributed by atoms with E-state index >= 15 is 0 Å². The third-order valence-corrected chi connectivity index (χ3v) is 5.62. The van der Waals surface area contributed by atoms with E-state index in [1.165, 1.54) is 6.21 Å². The van der Waals surface area contributed by atoms with Crippen LogP contribution in [0.1, 0.15) is 42.3 Å². The summed E-state index contributed by atoms with van der Waals surface area (Å²) >= 11 is 0. The second kappa shape index (κ2) is 14.3. The van der Waals surface area contributed by atoms with E-state index in [4.69, 9.17) is 9.47 Å². The molecule has 9 heteroatoms. The fourth-order valence-electron chi connectivity index (χ4n) is 3.56. The van der Waals surface area contributed by atoms with Crippen LogP contribution in [0.25, 0.3) is 0 Å². The minimum absolute atomic E-state index is 0.158. The topological polar surface area (TPSA) is 118 Å². The van der Waals surface area contributed by atoms with Crippen molar-refractivity contribution in [1.29, 1.82) is 0 Å². The Kier molecular flexibility index (Phi) is 10.6. The molecule has 0 aliphatic heterocycles. The minimum atomic E-state index is -0.771. The van der Waals surface area contributed by atoms with Crippen LogP contribution < -0.4 is 25.5 Å². The quantitative estimate of drug-likeness (QED) is 0.238. The zero-order valence-corrected chi connectivity index (χ0v) is 22.6. The van der Waals surface area contributed by atoms with Gasteiger partial charge in [0.15, 0.2) is 18.1 Å². The maximum atomic E-state index is 12.8. The summed E-state index contributed by atoms with van der Waals surface area (Å²) in [6.45, 7) is 7.66. The summed E-state index contributed by atoms with van der Waals surface area (Å²) in [5, 5.41) is 9.59. The van der Waals surface area contributed by atoms with Crippen LogP contribution in [0, 0.1) is 12.8 Å². The van der Waals surface area contributed by atoms with Gasteiger partial charge in [0.1, 0.15) is 6.04 Å². The van der Waals surface area contributed by atoms with Crippen LogP contribution in [-0.4, -0.2) is 43.2 Å². The van der Waals surface area contributed by atoms with E-state index in [1.54, 1.807) is 42.5 Å². The van der Waals surface area contributed by atoms with Gasteiger partial charge in [-0.3, -0.25) is 14.4 Å². The van der Waals surface area contributed by atoms with Gasteiger partial charge in [0.05, 0.1) is 12.8 Å². The standard InChI is InChI=1S/C30H34N4O5/c1-5-38-26-17-22(13-16-25(26)39-19-27(35)32-24-9-7-6-8-10-24)18-31-34-30(37)28(20(2)3)33-29(36)23-14-11-21(4)12-15-23/h6-18,20,28H,5,19H2,1-4H3,(H,32,35)(H,33,36)(H,34,37)/b31-18-. The molecule has 0 saturated heterocycles. The molecule has 3 aromatic carbocycles. The lowest BCUT2D eigenvalue weighted by Gasteiger charge is -2.20. The Morgan fingerprint density at radius 3 is 2.31 bits per heavy atom. The highest BCUT2D eigenvalue weighted by molar-refractivity contribution is 5.97. The fraction of sp³-hybridized carbons (Fsp3) is 0.267. The number of aryl methyl sites for hydroxylation is 1. The molecule has 0 heterocycles. The van der Waals surface area contributed by atoms with Crippen molar-refractivity contribution in [1.82, 2.24) is 10.7 Å². The molecule has 0 saturated carbocycles. The number of amides is 3. The number of ether oxygens (including phenoxy) is 2. The van der Waals surface area contributed by atoms with Crippen LogP contribution in [0.3, 0.4) is 0 Å². The predicted molar refractivity (Wildman–Crippen MR) is 151 cm³/mol. The number of nitrogens with zero attached hydrogens (tertiary/aromatic N) is 1. The van der Waals surface area contributed by atoms with Gasteiger partial charge in [0, 0.05) is 11.3 Å². The average molecular weight is 531 g/mol. The van der Waals surface area contributed by atoms with Crippen molar-refractivity contribution in [2.75, 3.05) is 18.5 Å². The monoisotopic (exact) mass is 530 g/mol. The second-order valence-electron chi connectivity index (χ2n) is 9.14. The van der Waals surface area contributed by atoms with E-state index < -0.39 is 11.9 Å². The number of hydrogen-bond acceptors (Lipinski definition) is 6. The van der Waals surface area contributed by atoms with Crippen molar-refractivity contribution in [3.63, 3.8) is 0 Å². The van der Waals surface area contributed by atoms with Crippen LogP contribution in [0.2, 0.25) is 0 Å².